The first-order valence-corrected chi connectivity index (χ1v) is 7.91. The summed E-state index contributed by atoms with van der Waals surface area (Å²) in [6.45, 7) is 3.57. The van der Waals surface area contributed by atoms with Crippen molar-refractivity contribution in [2.75, 3.05) is 0 Å². The summed E-state index contributed by atoms with van der Waals surface area (Å²) >= 11 is 0. The number of phenols is 1. The van der Waals surface area contributed by atoms with Crippen LogP contribution in [0, 0.1) is 13.8 Å². The fourth-order valence-corrected chi connectivity index (χ4v) is 2.71. The van der Waals surface area contributed by atoms with Crippen molar-refractivity contribution in [3.05, 3.63) is 75.1 Å². The van der Waals surface area contributed by atoms with Gasteiger partial charge in [0.25, 0.3) is 0 Å². The molecule has 5 nitrogen and oxygen atoms in total. The lowest BCUT2D eigenvalue weighted by atomic mass is 10.1. The number of rotatable bonds is 4. The zero-order valence-corrected chi connectivity index (χ0v) is 14.0. The number of esters is 1. The third kappa shape index (κ3) is 3.55. The first-order chi connectivity index (χ1) is 12.0. The number of aryl methyl sites for hydroxylation is 2. The van der Waals surface area contributed by atoms with E-state index in [0.717, 1.165) is 11.1 Å². The van der Waals surface area contributed by atoms with Gasteiger partial charge in [-0.15, -0.1) is 0 Å². The van der Waals surface area contributed by atoms with Crippen molar-refractivity contribution in [1.29, 1.82) is 0 Å². The fraction of sp³-hybridized carbons (Fsp3) is 0.200. The topological polar surface area (TPSA) is 76.7 Å². The molecule has 0 radical (unpaired) electrons. The molecule has 128 valence electrons. The Balaban J connectivity index is 1.82. The monoisotopic (exact) mass is 338 g/mol. The smallest absolute Gasteiger partial charge is 0.336 e. The van der Waals surface area contributed by atoms with E-state index in [-0.39, 0.29) is 24.7 Å². The van der Waals surface area contributed by atoms with E-state index in [9.17, 15) is 14.7 Å². The quantitative estimate of drug-likeness (QED) is 0.583. The van der Waals surface area contributed by atoms with Crippen molar-refractivity contribution < 1.29 is 19.1 Å². The molecular formula is C20H18O5. The van der Waals surface area contributed by atoms with Crippen LogP contribution in [0.15, 0.2) is 51.7 Å². The number of hydrogen-bond acceptors (Lipinski definition) is 5. The van der Waals surface area contributed by atoms with Gasteiger partial charge in [0.15, 0.2) is 0 Å². The average molecular weight is 338 g/mol. The Kier molecular flexibility index (Phi) is 4.57. The van der Waals surface area contributed by atoms with E-state index in [1.165, 1.54) is 12.1 Å². The van der Waals surface area contributed by atoms with Crippen LogP contribution in [0.1, 0.15) is 22.3 Å². The summed E-state index contributed by atoms with van der Waals surface area (Å²) in [5, 5.41) is 10.4. The van der Waals surface area contributed by atoms with Crippen LogP contribution >= 0.6 is 0 Å². The normalized spacial score (nSPS) is 10.8. The summed E-state index contributed by atoms with van der Waals surface area (Å²) in [6, 6.07) is 12.1. The molecule has 0 fully saturated rings. The second kappa shape index (κ2) is 6.81. The maximum Gasteiger partial charge on any atom is 0.336 e. The lowest BCUT2D eigenvalue weighted by Gasteiger charge is -2.10. The second-order valence-corrected chi connectivity index (χ2v) is 5.94. The van der Waals surface area contributed by atoms with E-state index < -0.39 is 5.63 Å². The zero-order valence-electron chi connectivity index (χ0n) is 14.0. The molecule has 0 bridgehead atoms. The summed E-state index contributed by atoms with van der Waals surface area (Å²) in [5.41, 5.74) is 2.71. The summed E-state index contributed by atoms with van der Waals surface area (Å²) in [6.07, 6.45) is 0.172. The molecule has 0 aliphatic carbocycles. The molecule has 0 aliphatic heterocycles. The van der Waals surface area contributed by atoms with Gasteiger partial charge < -0.3 is 14.3 Å². The first-order valence-electron chi connectivity index (χ1n) is 7.91. The molecule has 1 heterocycles. The Morgan fingerprint density at radius 1 is 1.12 bits per heavy atom. The Labute approximate surface area is 144 Å². The molecule has 0 atom stereocenters. The minimum atomic E-state index is -0.550. The fourth-order valence-electron chi connectivity index (χ4n) is 2.71. The molecule has 0 amide bonds. The van der Waals surface area contributed by atoms with E-state index in [1.54, 1.807) is 13.0 Å². The number of hydrogen-bond donors (Lipinski definition) is 1. The summed E-state index contributed by atoms with van der Waals surface area (Å²) in [7, 11) is 0. The van der Waals surface area contributed by atoms with E-state index in [2.05, 4.69) is 0 Å². The van der Waals surface area contributed by atoms with Gasteiger partial charge in [-0.3, -0.25) is 4.79 Å². The van der Waals surface area contributed by atoms with Gasteiger partial charge in [-0.2, -0.15) is 0 Å². The van der Waals surface area contributed by atoms with Crippen molar-refractivity contribution in [2.24, 2.45) is 0 Å². The van der Waals surface area contributed by atoms with Gasteiger partial charge in [0, 0.05) is 22.6 Å². The highest BCUT2D eigenvalue weighted by molar-refractivity contribution is 5.85. The lowest BCUT2D eigenvalue weighted by molar-refractivity contribution is -0.144. The Bertz CT molecular complexity index is 1000. The van der Waals surface area contributed by atoms with Crippen molar-refractivity contribution >= 4 is 16.9 Å². The van der Waals surface area contributed by atoms with Crippen LogP contribution in [-0.2, 0) is 22.6 Å². The molecule has 5 heteroatoms. The number of fused-ring (bicyclic) bond motifs is 1. The van der Waals surface area contributed by atoms with Gasteiger partial charge in [0.05, 0.1) is 6.42 Å². The third-order valence-corrected chi connectivity index (χ3v) is 4.20. The molecule has 0 saturated carbocycles. The number of aromatic hydroxyl groups is 1. The van der Waals surface area contributed by atoms with Crippen molar-refractivity contribution in [2.45, 2.75) is 26.9 Å². The van der Waals surface area contributed by atoms with Crippen LogP contribution < -0.4 is 5.63 Å². The highest BCUT2D eigenvalue weighted by Gasteiger charge is 2.13. The molecule has 0 spiro atoms. The molecule has 0 saturated heterocycles. The van der Waals surface area contributed by atoms with Gasteiger partial charge in [0.1, 0.15) is 17.9 Å². The lowest BCUT2D eigenvalue weighted by Crippen LogP contribution is -2.10. The van der Waals surface area contributed by atoms with Gasteiger partial charge in [-0.1, -0.05) is 24.3 Å². The maximum absolute atomic E-state index is 12.1. The largest absolute Gasteiger partial charge is 0.508 e. The number of ether oxygens (including phenoxy) is 1. The number of carbonyl (C=O) groups is 1. The minimum absolute atomic E-state index is 0.0307. The van der Waals surface area contributed by atoms with Crippen LogP contribution in [0.3, 0.4) is 0 Å². The SMILES string of the molecule is Cc1ccccc1CC(=O)OCc1cc(=O)oc2c(C)c(O)ccc12. The third-order valence-electron chi connectivity index (χ3n) is 4.20. The van der Waals surface area contributed by atoms with Crippen molar-refractivity contribution in [3.8, 4) is 5.75 Å². The van der Waals surface area contributed by atoms with E-state index in [0.29, 0.717) is 22.1 Å². The summed E-state index contributed by atoms with van der Waals surface area (Å²) < 4.78 is 10.5. The van der Waals surface area contributed by atoms with Gasteiger partial charge in [-0.25, -0.2) is 4.79 Å². The van der Waals surface area contributed by atoms with Gasteiger partial charge in [-0.05, 0) is 37.1 Å². The van der Waals surface area contributed by atoms with Gasteiger partial charge in [0.2, 0.25) is 0 Å². The van der Waals surface area contributed by atoms with E-state index >= 15 is 0 Å². The predicted molar refractivity (Wildman–Crippen MR) is 93.6 cm³/mol. The van der Waals surface area contributed by atoms with Crippen LogP contribution in [0.4, 0.5) is 0 Å². The highest BCUT2D eigenvalue weighted by atomic mass is 16.5. The Morgan fingerprint density at radius 3 is 2.64 bits per heavy atom. The maximum atomic E-state index is 12.1. The van der Waals surface area contributed by atoms with E-state index in [4.69, 9.17) is 9.15 Å². The van der Waals surface area contributed by atoms with Crippen LogP contribution in [0.5, 0.6) is 5.75 Å². The second-order valence-electron chi connectivity index (χ2n) is 5.94. The molecular weight excluding hydrogens is 320 g/mol. The van der Waals surface area contributed by atoms with Crippen molar-refractivity contribution in [1.82, 2.24) is 0 Å². The average Bonchev–Trinajstić information content (AvgIpc) is 2.58. The Morgan fingerprint density at radius 2 is 1.88 bits per heavy atom. The Hall–Kier alpha value is -3.08. The molecule has 2 aromatic carbocycles. The van der Waals surface area contributed by atoms with Crippen molar-refractivity contribution in [3.63, 3.8) is 0 Å². The first kappa shape index (κ1) is 16.8. The molecule has 0 aliphatic rings. The predicted octanol–water partition coefficient (Wildman–Crippen LogP) is 3.40. The van der Waals surface area contributed by atoms with Crippen LogP contribution in [0.25, 0.3) is 11.0 Å². The summed E-state index contributed by atoms with van der Waals surface area (Å²) in [5.74, 6) is -0.324. The minimum Gasteiger partial charge on any atom is -0.508 e. The number of phenolic OH excluding ortho intramolecular Hbond substituents is 1. The summed E-state index contributed by atoms with van der Waals surface area (Å²) in [4.78, 5) is 23.9. The highest BCUT2D eigenvalue weighted by Crippen LogP contribution is 2.27. The molecule has 1 aromatic heterocycles. The number of carbonyl (C=O) groups excluding carboxylic acids is 1. The molecule has 3 aromatic rings. The van der Waals surface area contributed by atoms with Crippen LogP contribution in [-0.4, -0.2) is 11.1 Å². The molecule has 1 N–H and O–H groups in total. The van der Waals surface area contributed by atoms with Gasteiger partial charge >= 0.3 is 11.6 Å². The van der Waals surface area contributed by atoms with Crippen LogP contribution in [0.2, 0.25) is 0 Å². The molecule has 3 rings (SSSR count). The standard InChI is InChI=1S/C20H18O5/c1-12-5-3-4-6-14(12)9-18(22)24-11-15-10-19(23)25-20-13(2)17(21)8-7-16(15)20/h3-8,10,21H,9,11H2,1-2H3. The van der Waals surface area contributed by atoms with E-state index in [1.807, 2.05) is 31.2 Å². The molecule has 0 unspecified atom stereocenters. The molecule has 25 heavy (non-hydrogen) atoms. The zero-order chi connectivity index (χ0) is 18.0. The number of benzene rings is 2.